The van der Waals surface area contributed by atoms with E-state index in [0.29, 0.717) is 12.0 Å². The van der Waals surface area contributed by atoms with E-state index < -0.39 is 11.6 Å². The van der Waals surface area contributed by atoms with Crippen LogP contribution in [0.15, 0.2) is 18.2 Å². The van der Waals surface area contributed by atoms with Gasteiger partial charge < -0.3 is 0 Å². The van der Waals surface area contributed by atoms with E-state index in [4.69, 9.17) is 5.84 Å². The Morgan fingerprint density at radius 2 is 2.28 bits per heavy atom. The first-order valence-corrected chi connectivity index (χ1v) is 7.08. The van der Waals surface area contributed by atoms with Gasteiger partial charge in [0.05, 0.1) is 0 Å². The molecule has 100 valence electrons. The maximum absolute atomic E-state index is 13.7. The van der Waals surface area contributed by atoms with Gasteiger partial charge in [-0.2, -0.15) is 11.8 Å². The number of rotatable bonds is 4. The highest BCUT2D eigenvalue weighted by atomic mass is 32.2. The van der Waals surface area contributed by atoms with Crippen molar-refractivity contribution in [2.45, 2.75) is 37.0 Å². The first-order chi connectivity index (χ1) is 8.57. The predicted octanol–water partition coefficient (Wildman–Crippen LogP) is 2.62. The van der Waals surface area contributed by atoms with E-state index >= 15 is 0 Å². The minimum atomic E-state index is -0.799. The summed E-state index contributed by atoms with van der Waals surface area (Å²) in [6, 6.07) is 4.23. The van der Waals surface area contributed by atoms with Crippen LogP contribution in [0.2, 0.25) is 0 Å². The second kappa shape index (κ2) is 5.55. The molecule has 2 unspecified atom stereocenters. The Kier molecular flexibility index (Phi) is 4.25. The zero-order valence-corrected chi connectivity index (χ0v) is 11.2. The minimum absolute atomic E-state index is 0.00644. The monoisotopic (exact) mass is 272 g/mol. The van der Waals surface area contributed by atoms with Gasteiger partial charge in [-0.25, -0.2) is 8.78 Å². The SMILES string of the molecule is CC1(C(Cc2cccc(F)c2F)NN)CCCS1. The Hall–Kier alpha value is -0.650. The third-order valence-electron chi connectivity index (χ3n) is 3.64. The quantitative estimate of drug-likeness (QED) is 0.653. The van der Waals surface area contributed by atoms with Crippen LogP contribution >= 0.6 is 11.8 Å². The number of halogens is 2. The molecule has 0 bridgehead atoms. The van der Waals surface area contributed by atoms with Crippen molar-refractivity contribution in [2.75, 3.05) is 5.75 Å². The molecule has 1 aliphatic rings. The van der Waals surface area contributed by atoms with E-state index in [0.717, 1.165) is 24.7 Å². The van der Waals surface area contributed by atoms with Crippen molar-refractivity contribution in [1.82, 2.24) is 5.43 Å². The molecule has 0 amide bonds. The molecule has 1 aliphatic heterocycles. The molecule has 3 N–H and O–H groups in total. The Bertz CT molecular complexity index is 419. The van der Waals surface area contributed by atoms with Gasteiger partial charge in [0, 0.05) is 10.8 Å². The fraction of sp³-hybridized carbons (Fsp3) is 0.538. The molecule has 1 aromatic carbocycles. The molecule has 1 fully saturated rings. The van der Waals surface area contributed by atoms with Crippen molar-refractivity contribution in [3.05, 3.63) is 35.4 Å². The smallest absolute Gasteiger partial charge is 0.162 e. The van der Waals surface area contributed by atoms with Crippen LogP contribution in [0, 0.1) is 11.6 Å². The highest BCUT2D eigenvalue weighted by Gasteiger charge is 2.37. The van der Waals surface area contributed by atoms with E-state index in [-0.39, 0.29) is 10.8 Å². The number of benzene rings is 1. The second-order valence-electron chi connectivity index (χ2n) is 4.90. The Balaban J connectivity index is 2.17. The molecule has 0 spiro atoms. The highest BCUT2D eigenvalue weighted by Crippen LogP contribution is 2.41. The average Bonchev–Trinajstić information content (AvgIpc) is 2.79. The molecular formula is C13H18F2N2S. The highest BCUT2D eigenvalue weighted by molar-refractivity contribution is 8.00. The van der Waals surface area contributed by atoms with Crippen LogP contribution in [0.1, 0.15) is 25.3 Å². The summed E-state index contributed by atoms with van der Waals surface area (Å²) in [5, 5.41) is 0. The zero-order valence-electron chi connectivity index (χ0n) is 10.4. The molecular weight excluding hydrogens is 254 g/mol. The molecule has 0 radical (unpaired) electrons. The van der Waals surface area contributed by atoms with Crippen LogP contribution in [-0.4, -0.2) is 16.5 Å². The van der Waals surface area contributed by atoms with Crippen molar-refractivity contribution in [1.29, 1.82) is 0 Å². The van der Waals surface area contributed by atoms with Gasteiger partial charge in [0.2, 0.25) is 0 Å². The molecule has 1 saturated heterocycles. The third-order valence-corrected chi connectivity index (χ3v) is 5.28. The molecule has 2 atom stereocenters. The molecule has 2 rings (SSSR count). The number of hydrazine groups is 1. The molecule has 1 aromatic rings. The van der Waals surface area contributed by atoms with Crippen LogP contribution in [0.5, 0.6) is 0 Å². The van der Waals surface area contributed by atoms with Crippen molar-refractivity contribution in [3.8, 4) is 0 Å². The summed E-state index contributed by atoms with van der Waals surface area (Å²) in [6.07, 6.45) is 2.60. The standard InChI is InChI=1S/C13H18F2N2S/c1-13(6-3-7-18-13)11(17-16)8-9-4-2-5-10(14)12(9)15/h2,4-5,11,17H,3,6-8,16H2,1H3. The summed E-state index contributed by atoms with van der Waals surface area (Å²) in [5.74, 6) is 5.13. The van der Waals surface area contributed by atoms with E-state index in [1.165, 1.54) is 6.07 Å². The normalized spacial score (nSPS) is 25.3. The van der Waals surface area contributed by atoms with Crippen molar-refractivity contribution < 1.29 is 8.78 Å². The van der Waals surface area contributed by atoms with Crippen molar-refractivity contribution in [3.63, 3.8) is 0 Å². The largest absolute Gasteiger partial charge is 0.271 e. The molecule has 2 nitrogen and oxygen atoms in total. The van der Waals surface area contributed by atoms with Gasteiger partial charge in [0.15, 0.2) is 11.6 Å². The molecule has 18 heavy (non-hydrogen) atoms. The lowest BCUT2D eigenvalue weighted by Gasteiger charge is -2.33. The predicted molar refractivity (Wildman–Crippen MR) is 71.3 cm³/mol. The second-order valence-corrected chi connectivity index (χ2v) is 6.53. The van der Waals surface area contributed by atoms with Gasteiger partial charge in [-0.15, -0.1) is 0 Å². The summed E-state index contributed by atoms with van der Waals surface area (Å²) in [6.45, 7) is 2.13. The van der Waals surface area contributed by atoms with Crippen molar-refractivity contribution in [2.24, 2.45) is 5.84 Å². The molecule has 0 aliphatic carbocycles. The lowest BCUT2D eigenvalue weighted by Crippen LogP contribution is -2.50. The van der Waals surface area contributed by atoms with Crippen LogP contribution in [0.4, 0.5) is 8.78 Å². The maximum atomic E-state index is 13.7. The zero-order chi connectivity index (χ0) is 13.2. The fourth-order valence-electron chi connectivity index (χ4n) is 2.45. The first kappa shape index (κ1) is 13.8. The average molecular weight is 272 g/mol. The van der Waals surface area contributed by atoms with E-state index in [1.807, 2.05) is 11.8 Å². The number of nitrogens with one attached hydrogen (secondary N) is 1. The summed E-state index contributed by atoms with van der Waals surface area (Å²) in [7, 11) is 0. The lowest BCUT2D eigenvalue weighted by molar-refractivity contribution is 0.396. The van der Waals surface area contributed by atoms with E-state index in [2.05, 4.69) is 12.3 Å². The summed E-state index contributed by atoms with van der Waals surface area (Å²) in [4.78, 5) is 0. The Labute approximate surface area is 110 Å². The topological polar surface area (TPSA) is 38.0 Å². The molecule has 5 heteroatoms. The van der Waals surface area contributed by atoms with Gasteiger partial charge >= 0.3 is 0 Å². The summed E-state index contributed by atoms with van der Waals surface area (Å²) >= 11 is 1.85. The first-order valence-electron chi connectivity index (χ1n) is 6.10. The molecule has 1 heterocycles. The number of nitrogens with two attached hydrogens (primary N) is 1. The van der Waals surface area contributed by atoms with E-state index in [1.54, 1.807) is 6.07 Å². The maximum Gasteiger partial charge on any atom is 0.162 e. The Morgan fingerprint density at radius 3 is 2.89 bits per heavy atom. The van der Waals surface area contributed by atoms with Crippen molar-refractivity contribution >= 4 is 11.8 Å². The molecule has 0 aromatic heterocycles. The number of thioether (sulfide) groups is 1. The fourth-order valence-corrected chi connectivity index (χ4v) is 3.85. The number of hydrogen-bond acceptors (Lipinski definition) is 3. The minimum Gasteiger partial charge on any atom is -0.271 e. The lowest BCUT2D eigenvalue weighted by atomic mass is 9.91. The number of hydrogen-bond donors (Lipinski definition) is 2. The van der Waals surface area contributed by atoms with Crippen LogP contribution in [-0.2, 0) is 6.42 Å². The van der Waals surface area contributed by atoms with Gasteiger partial charge in [0.1, 0.15) is 0 Å². The third kappa shape index (κ3) is 2.68. The summed E-state index contributed by atoms with van der Waals surface area (Å²) < 4.78 is 26.8. The molecule has 0 saturated carbocycles. The van der Waals surface area contributed by atoms with Gasteiger partial charge in [-0.05, 0) is 43.6 Å². The van der Waals surface area contributed by atoms with Crippen LogP contribution in [0.25, 0.3) is 0 Å². The summed E-state index contributed by atoms with van der Waals surface area (Å²) in [5.41, 5.74) is 3.15. The van der Waals surface area contributed by atoms with Gasteiger partial charge in [-0.1, -0.05) is 12.1 Å². The van der Waals surface area contributed by atoms with Crippen LogP contribution < -0.4 is 11.3 Å². The van der Waals surface area contributed by atoms with Gasteiger partial charge in [0.25, 0.3) is 0 Å². The van der Waals surface area contributed by atoms with Crippen LogP contribution in [0.3, 0.4) is 0 Å². The van der Waals surface area contributed by atoms with E-state index in [9.17, 15) is 8.78 Å². The Morgan fingerprint density at radius 1 is 1.50 bits per heavy atom. The van der Waals surface area contributed by atoms with Gasteiger partial charge in [-0.3, -0.25) is 11.3 Å².